The number of hydrogen-bond donors (Lipinski definition) is 0. The number of amides is 1. The van der Waals surface area contributed by atoms with Crippen molar-refractivity contribution >= 4 is 5.91 Å². The van der Waals surface area contributed by atoms with Crippen LogP contribution in [0.5, 0.6) is 11.5 Å². The van der Waals surface area contributed by atoms with Crippen molar-refractivity contribution in [1.82, 2.24) is 15.0 Å². The number of likely N-dealkylation sites (tertiary alicyclic amines) is 1. The quantitative estimate of drug-likeness (QED) is 0.692. The van der Waals surface area contributed by atoms with Gasteiger partial charge in [-0.05, 0) is 12.1 Å². The molecule has 1 aliphatic heterocycles. The summed E-state index contributed by atoms with van der Waals surface area (Å²) >= 11 is 0. The Bertz CT molecular complexity index is 949. The molecule has 0 saturated carbocycles. The largest absolute Gasteiger partial charge is 0.497 e. The average Bonchev–Trinajstić information content (AvgIpc) is 3.16. The highest BCUT2D eigenvalue weighted by Crippen LogP contribution is 2.32. The second kappa shape index (κ2) is 7.11. The third-order valence-corrected chi connectivity index (χ3v) is 4.63. The van der Waals surface area contributed by atoms with Crippen LogP contribution < -0.4 is 9.47 Å². The molecule has 0 radical (unpaired) electrons. The molecule has 0 spiro atoms. The van der Waals surface area contributed by atoms with Crippen LogP contribution in [0.25, 0.3) is 11.4 Å². The van der Waals surface area contributed by atoms with Crippen LogP contribution in [0.3, 0.4) is 0 Å². The number of carbonyl (C=O) groups excluding carboxylic acids is 1. The zero-order valence-electron chi connectivity index (χ0n) is 15.1. The van der Waals surface area contributed by atoms with Crippen LogP contribution in [0.1, 0.15) is 22.2 Å². The van der Waals surface area contributed by atoms with Crippen LogP contribution in [0.2, 0.25) is 0 Å². The van der Waals surface area contributed by atoms with E-state index in [-0.39, 0.29) is 11.8 Å². The smallest absolute Gasteiger partial charge is 0.257 e. The van der Waals surface area contributed by atoms with Crippen LogP contribution in [-0.2, 0) is 0 Å². The van der Waals surface area contributed by atoms with Gasteiger partial charge >= 0.3 is 0 Å². The molecule has 27 heavy (non-hydrogen) atoms. The number of benzene rings is 2. The lowest BCUT2D eigenvalue weighted by atomic mass is 9.98. The van der Waals surface area contributed by atoms with Gasteiger partial charge in [-0.2, -0.15) is 4.98 Å². The molecule has 0 bridgehead atoms. The van der Waals surface area contributed by atoms with E-state index in [0.717, 1.165) is 5.56 Å². The van der Waals surface area contributed by atoms with Crippen LogP contribution >= 0.6 is 0 Å². The number of ether oxygens (including phenoxy) is 2. The van der Waals surface area contributed by atoms with Gasteiger partial charge in [-0.15, -0.1) is 0 Å². The lowest BCUT2D eigenvalue weighted by molar-refractivity contribution is 0.0566. The Hall–Kier alpha value is -3.35. The Balaban J connectivity index is 1.44. The molecule has 1 saturated heterocycles. The molecule has 1 fully saturated rings. The van der Waals surface area contributed by atoms with Gasteiger partial charge in [0.15, 0.2) is 0 Å². The molecule has 0 unspecified atom stereocenters. The first-order valence-electron chi connectivity index (χ1n) is 8.60. The third kappa shape index (κ3) is 3.23. The predicted octanol–water partition coefficient (Wildman–Crippen LogP) is 2.99. The Labute approximate surface area is 156 Å². The summed E-state index contributed by atoms with van der Waals surface area (Å²) in [7, 11) is 3.11. The first-order valence-corrected chi connectivity index (χ1v) is 8.60. The fraction of sp³-hybridized carbons (Fsp3) is 0.250. The normalized spacial score (nSPS) is 13.9. The third-order valence-electron chi connectivity index (χ3n) is 4.63. The first kappa shape index (κ1) is 17.1. The number of nitrogens with zero attached hydrogens (tertiary/aromatic N) is 3. The van der Waals surface area contributed by atoms with E-state index in [1.165, 1.54) is 7.11 Å². The summed E-state index contributed by atoms with van der Waals surface area (Å²) in [4.78, 5) is 19.0. The van der Waals surface area contributed by atoms with Gasteiger partial charge in [0, 0.05) is 24.7 Å². The molecule has 2 heterocycles. The number of rotatable bonds is 5. The molecule has 0 atom stereocenters. The van der Waals surface area contributed by atoms with Gasteiger partial charge < -0.3 is 18.9 Å². The highest BCUT2D eigenvalue weighted by atomic mass is 16.5. The van der Waals surface area contributed by atoms with E-state index in [0.29, 0.717) is 41.9 Å². The van der Waals surface area contributed by atoms with Crippen molar-refractivity contribution in [2.24, 2.45) is 0 Å². The van der Waals surface area contributed by atoms with Crippen LogP contribution in [-0.4, -0.2) is 48.3 Å². The minimum absolute atomic E-state index is 0.0446. The van der Waals surface area contributed by atoms with Crippen molar-refractivity contribution in [2.45, 2.75) is 5.92 Å². The molecule has 1 amide bonds. The first-order chi connectivity index (χ1) is 13.2. The summed E-state index contributed by atoms with van der Waals surface area (Å²) in [5.41, 5.74) is 1.41. The molecule has 0 N–H and O–H groups in total. The predicted molar refractivity (Wildman–Crippen MR) is 97.9 cm³/mol. The fourth-order valence-corrected chi connectivity index (χ4v) is 3.05. The maximum atomic E-state index is 12.7. The van der Waals surface area contributed by atoms with Gasteiger partial charge in [0.25, 0.3) is 5.91 Å². The molecular weight excluding hydrogens is 346 g/mol. The molecule has 4 rings (SSSR count). The molecule has 0 aliphatic carbocycles. The summed E-state index contributed by atoms with van der Waals surface area (Å²) in [6.07, 6.45) is 0. The molecule has 7 nitrogen and oxygen atoms in total. The lowest BCUT2D eigenvalue weighted by Gasteiger charge is -2.37. The number of carbonyl (C=O) groups is 1. The van der Waals surface area contributed by atoms with Crippen molar-refractivity contribution in [3.05, 3.63) is 60.0 Å². The van der Waals surface area contributed by atoms with Crippen molar-refractivity contribution in [3.8, 4) is 22.9 Å². The maximum Gasteiger partial charge on any atom is 0.257 e. The SMILES string of the molecule is COc1ccc(C(=O)N2CC(c3nc(-c4ccccc4)no3)C2)c(OC)c1. The van der Waals surface area contributed by atoms with Gasteiger partial charge in [0.2, 0.25) is 11.7 Å². The number of hydrogen-bond acceptors (Lipinski definition) is 6. The Morgan fingerprint density at radius 3 is 2.59 bits per heavy atom. The summed E-state index contributed by atoms with van der Waals surface area (Å²) in [5.74, 6) is 2.21. The topological polar surface area (TPSA) is 77.7 Å². The number of methoxy groups -OCH3 is 2. The minimum Gasteiger partial charge on any atom is -0.497 e. The van der Waals surface area contributed by atoms with E-state index in [2.05, 4.69) is 10.1 Å². The van der Waals surface area contributed by atoms with Gasteiger partial charge in [0.05, 0.1) is 25.7 Å². The van der Waals surface area contributed by atoms with E-state index in [4.69, 9.17) is 14.0 Å². The standard InChI is InChI=1S/C20H19N3O4/c1-25-15-8-9-16(17(10-15)26-2)20(24)23-11-14(12-23)19-21-18(22-27-19)13-6-4-3-5-7-13/h3-10,14H,11-12H2,1-2H3. The fourth-order valence-electron chi connectivity index (χ4n) is 3.05. The Morgan fingerprint density at radius 1 is 1.11 bits per heavy atom. The van der Waals surface area contributed by atoms with Gasteiger partial charge in [-0.3, -0.25) is 4.79 Å². The summed E-state index contributed by atoms with van der Waals surface area (Å²) < 4.78 is 15.9. The molecule has 2 aromatic carbocycles. The second-order valence-corrected chi connectivity index (χ2v) is 6.30. The lowest BCUT2D eigenvalue weighted by Crippen LogP contribution is -2.48. The van der Waals surface area contributed by atoms with Gasteiger partial charge in [-0.25, -0.2) is 0 Å². The van der Waals surface area contributed by atoms with Crippen molar-refractivity contribution < 1.29 is 18.8 Å². The van der Waals surface area contributed by atoms with Crippen LogP contribution in [0.15, 0.2) is 53.1 Å². The average molecular weight is 365 g/mol. The minimum atomic E-state index is -0.0893. The second-order valence-electron chi connectivity index (χ2n) is 6.30. The van der Waals surface area contributed by atoms with E-state index in [1.807, 2.05) is 30.3 Å². The van der Waals surface area contributed by atoms with Crippen molar-refractivity contribution in [2.75, 3.05) is 27.3 Å². The summed E-state index contributed by atoms with van der Waals surface area (Å²) in [6.45, 7) is 1.06. The zero-order chi connectivity index (χ0) is 18.8. The Kier molecular flexibility index (Phi) is 4.50. The van der Waals surface area contributed by atoms with E-state index in [9.17, 15) is 4.79 Å². The highest BCUT2D eigenvalue weighted by Gasteiger charge is 2.37. The maximum absolute atomic E-state index is 12.7. The molecule has 3 aromatic rings. The van der Waals surface area contributed by atoms with E-state index in [1.54, 1.807) is 30.2 Å². The molecule has 138 valence electrons. The van der Waals surface area contributed by atoms with Gasteiger partial charge in [0.1, 0.15) is 11.5 Å². The molecule has 1 aliphatic rings. The monoisotopic (exact) mass is 365 g/mol. The van der Waals surface area contributed by atoms with Crippen LogP contribution in [0, 0.1) is 0 Å². The summed E-state index contributed by atoms with van der Waals surface area (Å²) in [6, 6.07) is 14.8. The molecule has 7 heteroatoms. The zero-order valence-corrected chi connectivity index (χ0v) is 15.1. The van der Waals surface area contributed by atoms with Gasteiger partial charge in [-0.1, -0.05) is 35.5 Å². The van der Waals surface area contributed by atoms with Crippen molar-refractivity contribution in [3.63, 3.8) is 0 Å². The molecule has 1 aromatic heterocycles. The van der Waals surface area contributed by atoms with E-state index < -0.39 is 0 Å². The molecular formula is C20H19N3O4. The summed E-state index contributed by atoms with van der Waals surface area (Å²) in [5, 5.41) is 4.04. The highest BCUT2D eigenvalue weighted by molar-refractivity contribution is 5.97. The van der Waals surface area contributed by atoms with Crippen molar-refractivity contribution in [1.29, 1.82) is 0 Å². The van der Waals surface area contributed by atoms with E-state index >= 15 is 0 Å². The Morgan fingerprint density at radius 2 is 1.89 bits per heavy atom. The van der Waals surface area contributed by atoms with Crippen LogP contribution in [0.4, 0.5) is 0 Å². The number of aromatic nitrogens is 2.